The van der Waals surface area contributed by atoms with Crippen molar-refractivity contribution in [3.05, 3.63) is 53.0 Å². The van der Waals surface area contributed by atoms with Crippen molar-refractivity contribution in [1.29, 1.82) is 0 Å². The Kier molecular flexibility index (Phi) is 7.49. The van der Waals surface area contributed by atoms with Crippen molar-refractivity contribution < 1.29 is 22.7 Å². The molecular formula is C18H21BrN2O5S. The maximum absolute atomic E-state index is 12.2. The summed E-state index contributed by atoms with van der Waals surface area (Å²) in [7, 11) is -2.03. The van der Waals surface area contributed by atoms with E-state index in [1.54, 1.807) is 55.6 Å². The Bertz CT molecular complexity index is 872. The van der Waals surface area contributed by atoms with Crippen molar-refractivity contribution in [3.63, 3.8) is 0 Å². The van der Waals surface area contributed by atoms with E-state index in [-0.39, 0.29) is 19.7 Å². The fraction of sp³-hybridized carbons (Fsp3) is 0.278. The van der Waals surface area contributed by atoms with Gasteiger partial charge in [-0.25, -0.2) is 8.42 Å². The van der Waals surface area contributed by atoms with Crippen molar-refractivity contribution in [1.82, 2.24) is 5.32 Å². The Hall–Kier alpha value is -2.26. The topological polar surface area (TPSA) is 84.9 Å². The van der Waals surface area contributed by atoms with Gasteiger partial charge in [-0.1, -0.05) is 12.1 Å². The van der Waals surface area contributed by atoms with Crippen LogP contribution in [-0.2, 0) is 14.8 Å². The average Bonchev–Trinajstić information content (AvgIpc) is 2.63. The Labute approximate surface area is 167 Å². The zero-order chi connectivity index (χ0) is 19.9. The van der Waals surface area contributed by atoms with E-state index in [2.05, 4.69) is 21.2 Å². The average molecular weight is 457 g/mol. The van der Waals surface area contributed by atoms with E-state index in [1.165, 1.54) is 0 Å². The smallest absolute Gasteiger partial charge is 0.240 e. The molecule has 0 atom stereocenters. The highest BCUT2D eigenvalue weighted by atomic mass is 79.9. The van der Waals surface area contributed by atoms with Crippen molar-refractivity contribution in [2.24, 2.45) is 0 Å². The van der Waals surface area contributed by atoms with Gasteiger partial charge in [0.2, 0.25) is 15.9 Å². The lowest BCUT2D eigenvalue weighted by Gasteiger charge is -2.23. The minimum atomic E-state index is -3.62. The third kappa shape index (κ3) is 6.44. The second-order valence-corrected chi connectivity index (χ2v) is 8.36. The first kappa shape index (κ1) is 21.0. The van der Waals surface area contributed by atoms with Crippen LogP contribution < -0.4 is 19.1 Å². The third-order valence-electron chi connectivity index (χ3n) is 3.56. The van der Waals surface area contributed by atoms with Crippen LogP contribution in [-0.4, -0.2) is 47.4 Å². The molecule has 27 heavy (non-hydrogen) atoms. The van der Waals surface area contributed by atoms with E-state index in [1.807, 2.05) is 0 Å². The second-order valence-electron chi connectivity index (χ2n) is 5.59. The summed E-state index contributed by atoms with van der Waals surface area (Å²) in [6, 6.07) is 13.9. The number of ether oxygens (including phenoxy) is 2. The highest BCUT2D eigenvalue weighted by Gasteiger charge is 2.22. The van der Waals surface area contributed by atoms with Gasteiger partial charge in [0.25, 0.3) is 0 Å². The zero-order valence-electron chi connectivity index (χ0n) is 15.0. The summed E-state index contributed by atoms with van der Waals surface area (Å²) in [6.45, 7) is 0.189. The third-order valence-corrected chi connectivity index (χ3v) is 5.36. The van der Waals surface area contributed by atoms with Gasteiger partial charge in [-0.05, 0) is 52.3 Å². The lowest BCUT2D eigenvalue weighted by atomic mass is 10.3. The number of amides is 1. The molecule has 0 aliphatic rings. The molecule has 0 aliphatic heterocycles. The number of nitrogens with zero attached hydrogens (tertiary/aromatic N) is 1. The first-order chi connectivity index (χ1) is 12.8. The van der Waals surface area contributed by atoms with Crippen LogP contribution in [0.1, 0.15) is 0 Å². The summed E-state index contributed by atoms with van der Waals surface area (Å²) in [6.07, 6.45) is 1.06. The molecule has 0 spiro atoms. The molecule has 2 aromatic rings. The highest BCUT2D eigenvalue weighted by Crippen LogP contribution is 2.27. The van der Waals surface area contributed by atoms with E-state index >= 15 is 0 Å². The van der Waals surface area contributed by atoms with Crippen molar-refractivity contribution in [2.75, 3.05) is 37.4 Å². The normalized spacial score (nSPS) is 10.9. The molecule has 7 nitrogen and oxygen atoms in total. The number of benzene rings is 2. The molecule has 0 heterocycles. The van der Waals surface area contributed by atoms with Gasteiger partial charge in [0, 0.05) is 4.47 Å². The number of methoxy groups -OCH3 is 1. The minimum Gasteiger partial charge on any atom is -0.497 e. The summed E-state index contributed by atoms with van der Waals surface area (Å²) >= 11 is 3.31. The van der Waals surface area contributed by atoms with Crippen LogP contribution >= 0.6 is 15.9 Å². The first-order valence-electron chi connectivity index (χ1n) is 8.07. The van der Waals surface area contributed by atoms with E-state index < -0.39 is 15.9 Å². The second kappa shape index (κ2) is 9.61. The molecule has 2 rings (SSSR count). The van der Waals surface area contributed by atoms with Gasteiger partial charge in [0.15, 0.2) is 0 Å². The number of rotatable bonds is 9. The molecule has 0 unspecified atom stereocenters. The lowest BCUT2D eigenvalue weighted by Crippen LogP contribution is -2.41. The number of carbonyl (C=O) groups is 1. The zero-order valence-corrected chi connectivity index (χ0v) is 17.4. The number of hydrogen-bond acceptors (Lipinski definition) is 5. The number of anilines is 1. The Morgan fingerprint density at radius 2 is 1.74 bits per heavy atom. The molecule has 0 saturated heterocycles. The summed E-state index contributed by atoms with van der Waals surface area (Å²) in [5.41, 5.74) is 0.407. The van der Waals surface area contributed by atoms with Crippen LogP contribution in [0.3, 0.4) is 0 Å². The fourth-order valence-electron chi connectivity index (χ4n) is 2.25. The van der Waals surface area contributed by atoms with E-state index in [0.29, 0.717) is 15.9 Å². The Balaban J connectivity index is 1.88. The van der Waals surface area contributed by atoms with Gasteiger partial charge in [0.05, 0.1) is 25.6 Å². The number of hydrogen-bond donors (Lipinski definition) is 1. The molecule has 0 aliphatic carbocycles. The molecule has 0 saturated carbocycles. The van der Waals surface area contributed by atoms with Crippen LogP contribution in [0.4, 0.5) is 5.69 Å². The van der Waals surface area contributed by atoms with Gasteiger partial charge in [-0.2, -0.15) is 0 Å². The Morgan fingerprint density at radius 1 is 1.11 bits per heavy atom. The van der Waals surface area contributed by atoms with Crippen molar-refractivity contribution in [3.8, 4) is 11.5 Å². The van der Waals surface area contributed by atoms with E-state index in [4.69, 9.17) is 9.47 Å². The lowest BCUT2D eigenvalue weighted by molar-refractivity contribution is -0.119. The SMILES string of the molecule is COc1ccc(OCCNC(=O)CN(c2ccccc2Br)S(C)(=O)=O)cc1. The molecule has 2 aromatic carbocycles. The van der Waals surface area contributed by atoms with Gasteiger partial charge in [-0.3, -0.25) is 9.10 Å². The first-order valence-corrected chi connectivity index (χ1v) is 10.7. The van der Waals surface area contributed by atoms with Crippen LogP contribution in [0.5, 0.6) is 11.5 Å². The molecule has 1 amide bonds. The van der Waals surface area contributed by atoms with E-state index in [0.717, 1.165) is 16.3 Å². The fourth-order valence-corrected chi connectivity index (χ4v) is 3.74. The summed E-state index contributed by atoms with van der Waals surface area (Å²) in [5.74, 6) is 0.953. The molecule has 0 aromatic heterocycles. The maximum Gasteiger partial charge on any atom is 0.240 e. The van der Waals surface area contributed by atoms with Crippen LogP contribution in [0.2, 0.25) is 0 Å². The van der Waals surface area contributed by atoms with Crippen LogP contribution in [0.25, 0.3) is 0 Å². The van der Waals surface area contributed by atoms with Gasteiger partial charge < -0.3 is 14.8 Å². The molecule has 9 heteroatoms. The molecular weight excluding hydrogens is 436 g/mol. The predicted molar refractivity (Wildman–Crippen MR) is 108 cm³/mol. The van der Waals surface area contributed by atoms with E-state index in [9.17, 15) is 13.2 Å². The summed E-state index contributed by atoms with van der Waals surface area (Å²) in [4.78, 5) is 12.2. The monoisotopic (exact) mass is 456 g/mol. The predicted octanol–water partition coefficient (Wildman–Crippen LogP) is 2.42. The largest absolute Gasteiger partial charge is 0.497 e. The van der Waals surface area contributed by atoms with Crippen molar-refractivity contribution in [2.45, 2.75) is 0 Å². The van der Waals surface area contributed by atoms with Crippen molar-refractivity contribution >= 4 is 37.5 Å². The highest BCUT2D eigenvalue weighted by molar-refractivity contribution is 9.10. The molecule has 0 bridgehead atoms. The number of nitrogens with one attached hydrogen (secondary N) is 1. The van der Waals surface area contributed by atoms with Crippen LogP contribution in [0.15, 0.2) is 53.0 Å². The summed E-state index contributed by atoms with van der Waals surface area (Å²) < 4.78 is 36.4. The molecule has 0 radical (unpaired) electrons. The molecule has 0 fully saturated rings. The van der Waals surface area contributed by atoms with Crippen LogP contribution in [0, 0.1) is 0 Å². The van der Waals surface area contributed by atoms with Gasteiger partial charge in [-0.15, -0.1) is 0 Å². The number of halogens is 1. The number of para-hydroxylation sites is 1. The number of sulfonamides is 1. The number of carbonyl (C=O) groups excluding carboxylic acids is 1. The Morgan fingerprint density at radius 3 is 2.33 bits per heavy atom. The van der Waals surface area contributed by atoms with Gasteiger partial charge in [0.1, 0.15) is 24.7 Å². The quantitative estimate of drug-likeness (QED) is 0.585. The van der Waals surface area contributed by atoms with Gasteiger partial charge >= 0.3 is 0 Å². The molecule has 1 N–H and O–H groups in total. The molecule has 146 valence electrons. The minimum absolute atomic E-state index is 0.248. The standard InChI is InChI=1S/C18H21BrN2O5S/c1-25-14-7-9-15(10-8-14)26-12-11-20-18(22)13-21(27(2,23)24)17-6-4-3-5-16(17)19/h3-10H,11-13H2,1-2H3,(H,20,22). The summed E-state index contributed by atoms with van der Waals surface area (Å²) in [5, 5.41) is 2.66. The maximum atomic E-state index is 12.2.